The summed E-state index contributed by atoms with van der Waals surface area (Å²) in [5, 5.41) is 11.9. The van der Waals surface area contributed by atoms with Crippen LogP contribution in [0.5, 0.6) is 5.75 Å². The second-order valence-electron chi connectivity index (χ2n) is 7.12. The van der Waals surface area contributed by atoms with Gasteiger partial charge in [0.25, 0.3) is 11.5 Å². The lowest BCUT2D eigenvalue weighted by atomic mass is 10.1. The molecule has 0 saturated heterocycles. The van der Waals surface area contributed by atoms with Gasteiger partial charge in [-0.15, -0.1) is 0 Å². The Morgan fingerprint density at radius 2 is 1.79 bits per heavy atom. The molecule has 0 saturated carbocycles. The number of anilines is 1. The van der Waals surface area contributed by atoms with Crippen LogP contribution >= 0.6 is 23.2 Å². The van der Waals surface area contributed by atoms with Crippen LogP contribution < -0.4 is 10.9 Å². The summed E-state index contributed by atoms with van der Waals surface area (Å²) in [7, 11) is 0. The molecule has 2 aromatic carbocycles. The molecule has 0 radical (unpaired) electrons. The highest BCUT2D eigenvalue weighted by molar-refractivity contribution is 6.37. The summed E-state index contributed by atoms with van der Waals surface area (Å²) in [6.07, 6.45) is -2.34. The molecule has 174 valence electrons. The molecule has 0 aliphatic heterocycles. The third-order valence-corrected chi connectivity index (χ3v) is 5.47. The highest BCUT2D eigenvalue weighted by Gasteiger charge is 2.34. The van der Waals surface area contributed by atoms with Gasteiger partial charge in [0, 0.05) is 11.8 Å². The normalized spacial score (nSPS) is 11.6. The van der Waals surface area contributed by atoms with Crippen LogP contribution in [0.25, 0.3) is 10.9 Å². The number of aromatic hydroxyl groups is 1. The predicted molar refractivity (Wildman–Crippen MR) is 120 cm³/mol. The number of phenolic OH excluding ortho intramolecular Hbond substituents is 1. The average Bonchev–Trinajstić information content (AvgIpc) is 2.78. The minimum atomic E-state index is -4.65. The number of alkyl halides is 3. The molecule has 0 aliphatic carbocycles. The van der Waals surface area contributed by atoms with Gasteiger partial charge < -0.3 is 10.4 Å². The molecule has 2 heterocycles. The van der Waals surface area contributed by atoms with E-state index in [1.165, 1.54) is 30.5 Å². The number of halogens is 5. The number of phenols is 1. The van der Waals surface area contributed by atoms with Gasteiger partial charge in [-0.25, -0.2) is 4.98 Å². The van der Waals surface area contributed by atoms with Crippen molar-refractivity contribution in [3.63, 3.8) is 0 Å². The van der Waals surface area contributed by atoms with Crippen LogP contribution in [-0.2, 0) is 12.7 Å². The van der Waals surface area contributed by atoms with Crippen LogP contribution in [-0.4, -0.2) is 25.5 Å². The Morgan fingerprint density at radius 1 is 1.09 bits per heavy atom. The second-order valence-corrected chi connectivity index (χ2v) is 7.93. The van der Waals surface area contributed by atoms with Crippen LogP contribution in [0.1, 0.15) is 21.6 Å². The zero-order chi connectivity index (χ0) is 24.6. The summed E-state index contributed by atoms with van der Waals surface area (Å²) in [6.45, 7) is -0.483. The van der Waals surface area contributed by atoms with Crippen molar-refractivity contribution >= 4 is 45.7 Å². The Balaban J connectivity index is 1.75. The molecular formula is C22H13Cl2F3N4O3. The van der Waals surface area contributed by atoms with Gasteiger partial charge in [-0.2, -0.15) is 13.2 Å². The number of carbonyl (C=O) groups is 1. The first-order chi connectivity index (χ1) is 16.1. The molecule has 2 aromatic heterocycles. The first-order valence-electron chi connectivity index (χ1n) is 9.55. The molecule has 4 aromatic rings. The summed E-state index contributed by atoms with van der Waals surface area (Å²) in [5.41, 5.74) is -1.69. The SMILES string of the molecule is O=C(Nc1cccc2ncn(Cc3ncccc3C(F)(F)F)c(=O)c12)c1cc(Cl)c(O)c(Cl)c1. The van der Waals surface area contributed by atoms with Gasteiger partial charge in [0.15, 0.2) is 5.75 Å². The molecule has 0 bridgehead atoms. The Hall–Kier alpha value is -3.63. The second kappa shape index (κ2) is 8.96. The van der Waals surface area contributed by atoms with Crippen molar-refractivity contribution < 1.29 is 23.1 Å². The summed E-state index contributed by atoms with van der Waals surface area (Å²) in [6, 6.07) is 8.93. The van der Waals surface area contributed by atoms with Crippen LogP contribution in [0.2, 0.25) is 10.0 Å². The van der Waals surface area contributed by atoms with Crippen LogP contribution in [0.3, 0.4) is 0 Å². The fraction of sp³-hybridized carbons (Fsp3) is 0.0909. The Labute approximate surface area is 199 Å². The summed E-state index contributed by atoms with van der Waals surface area (Å²) in [4.78, 5) is 33.8. The van der Waals surface area contributed by atoms with E-state index in [2.05, 4.69) is 15.3 Å². The van der Waals surface area contributed by atoms with Gasteiger partial charge in [-0.3, -0.25) is 19.1 Å². The minimum Gasteiger partial charge on any atom is -0.505 e. The van der Waals surface area contributed by atoms with Crippen molar-refractivity contribution in [2.75, 3.05) is 5.32 Å². The van der Waals surface area contributed by atoms with Crippen molar-refractivity contribution in [2.24, 2.45) is 0 Å². The van der Waals surface area contributed by atoms with Crippen LogP contribution in [0.15, 0.2) is 59.8 Å². The van der Waals surface area contributed by atoms with E-state index in [4.69, 9.17) is 23.2 Å². The van der Waals surface area contributed by atoms with Gasteiger partial charge in [-0.1, -0.05) is 29.3 Å². The van der Waals surface area contributed by atoms with Crippen molar-refractivity contribution in [3.8, 4) is 5.75 Å². The van der Waals surface area contributed by atoms with E-state index >= 15 is 0 Å². The summed E-state index contributed by atoms with van der Waals surface area (Å²) >= 11 is 11.7. The predicted octanol–water partition coefficient (Wildman–Crippen LogP) is 5.12. The number of hydrogen-bond donors (Lipinski definition) is 2. The molecule has 0 aliphatic rings. The largest absolute Gasteiger partial charge is 0.505 e. The Kier molecular flexibility index (Phi) is 6.20. The molecule has 34 heavy (non-hydrogen) atoms. The number of benzene rings is 2. The van der Waals surface area contributed by atoms with E-state index in [9.17, 15) is 27.9 Å². The number of nitrogens with zero attached hydrogens (tertiary/aromatic N) is 3. The number of nitrogens with one attached hydrogen (secondary N) is 1. The van der Waals surface area contributed by atoms with Crippen molar-refractivity contribution in [1.82, 2.24) is 14.5 Å². The first-order valence-corrected chi connectivity index (χ1v) is 10.3. The third-order valence-electron chi connectivity index (χ3n) is 4.90. The molecule has 2 N–H and O–H groups in total. The van der Waals surface area contributed by atoms with Gasteiger partial charge >= 0.3 is 6.18 Å². The number of pyridine rings is 1. The topological polar surface area (TPSA) is 97.1 Å². The number of hydrogen-bond acceptors (Lipinski definition) is 5. The minimum absolute atomic E-state index is 0.0114. The number of fused-ring (bicyclic) bond motifs is 1. The lowest BCUT2D eigenvalue weighted by Gasteiger charge is -2.14. The molecule has 0 atom stereocenters. The quantitative estimate of drug-likeness (QED) is 0.398. The summed E-state index contributed by atoms with van der Waals surface area (Å²) < 4.78 is 41.0. The molecule has 0 spiro atoms. The van der Waals surface area contributed by atoms with E-state index < -0.39 is 29.8 Å². The summed E-state index contributed by atoms with van der Waals surface area (Å²) in [5.74, 6) is -1.07. The maximum Gasteiger partial charge on any atom is 0.418 e. The molecule has 0 unspecified atom stereocenters. The van der Waals surface area contributed by atoms with E-state index in [1.54, 1.807) is 6.07 Å². The zero-order valence-corrected chi connectivity index (χ0v) is 18.4. The Morgan fingerprint density at radius 3 is 2.47 bits per heavy atom. The fourth-order valence-corrected chi connectivity index (χ4v) is 3.78. The number of rotatable bonds is 4. The van der Waals surface area contributed by atoms with Crippen molar-refractivity contribution in [1.29, 1.82) is 0 Å². The smallest absolute Gasteiger partial charge is 0.418 e. The Bertz CT molecular complexity index is 1470. The lowest BCUT2D eigenvalue weighted by molar-refractivity contribution is -0.138. The molecule has 12 heteroatoms. The lowest BCUT2D eigenvalue weighted by Crippen LogP contribution is -2.25. The standard InChI is InChI=1S/C22H13Cl2F3N4O3/c23-13-7-11(8-14(24)19(13)32)20(33)30-16-5-1-4-15-18(16)21(34)31(10-29-15)9-17-12(22(25,26)27)3-2-6-28-17/h1-8,10,32H,9H2,(H,30,33). The van der Waals surface area contributed by atoms with Gasteiger partial charge in [0.05, 0.1) is 50.8 Å². The highest BCUT2D eigenvalue weighted by Crippen LogP contribution is 2.33. The maximum absolute atomic E-state index is 13.3. The highest BCUT2D eigenvalue weighted by atomic mass is 35.5. The maximum atomic E-state index is 13.3. The number of aromatic nitrogens is 3. The monoisotopic (exact) mass is 508 g/mol. The van der Waals surface area contributed by atoms with Gasteiger partial charge in [0.1, 0.15) is 0 Å². The van der Waals surface area contributed by atoms with Crippen LogP contribution in [0.4, 0.5) is 18.9 Å². The molecule has 0 fully saturated rings. The first kappa shape index (κ1) is 23.5. The van der Waals surface area contributed by atoms with Gasteiger partial charge in [-0.05, 0) is 36.4 Å². The molecule has 1 amide bonds. The molecule has 7 nitrogen and oxygen atoms in total. The van der Waals surface area contributed by atoms with Crippen LogP contribution in [0, 0.1) is 0 Å². The molecule has 4 rings (SSSR count). The molecular weight excluding hydrogens is 496 g/mol. The zero-order valence-electron chi connectivity index (χ0n) is 16.9. The number of carbonyl (C=O) groups excluding carboxylic acids is 1. The van der Waals surface area contributed by atoms with E-state index in [0.717, 1.165) is 23.0 Å². The average molecular weight is 509 g/mol. The van der Waals surface area contributed by atoms with Gasteiger partial charge in [0.2, 0.25) is 0 Å². The van der Waals surface area contributed by atoms with Crippen molar-refractivity contribution in [2.45, 2.75) is 12.7 Å². The van der Waals surface area contributed by atoms with E-state index in [0.29, 0.717) is 0 Å². The fourth-order valence-electron chi connectivity index (χ4n) is 3.29. The van der Waals surface area contributed by atoms with E-state index in [1.807, 2.05) is 0 Å². The third kappa shape index (κ3) is 4.55. The number of amides is 1. The van der Waals surface area contributed by atoms with Crippen molar-refractivity contribution in [3.05, 3.63) is 92.2 Å². The van der Waals surface area contributed by atoms with E-state index in [-0.39, 0.29) is 43.6 Å².